The third-order valence-corrected chi connectivity index (χ3v) is 4.81. The van der Waals surface area contributed by atoms with Crippen LogP contribution in [0.3, 0.4) is 0 Å². The summed E-state index contributed by atoms with van der Waals surface area (Å²) in [6.07, 6.45) is 0. The number of methoxy groups -OCH3 is 1. The molecule has 0 aliphatic heterocycles. The van der Waals surface area contributed by atoms with E-state index in [1.807, 2.05) is 19.1 Å². The lowest BCUT2D eigenvalue weighted by molar-refractivity contribution is 0.0950. The Kier molecular flexibility index (Phi) is 8.13. The molecule has 0 atom stereocenters. The zero-order valence-electron chi connectivity index (χ0n) is 16.3. The fourth-order valence-corrected chi connectivity index (χ4v) is 3.24. The summed E-state index contributed by atoms with van der Waals surface area (Å²) in [5.74, 6) is 0.971. The van der Waals surface area contributed by atoms with Gasteiger partial charge in [-0.15, -0.1) is 0 Å². The first-order valence-corrected chi connectivity index (χ1v) is 9.82. The van der Waals surface area contributed by atoms with Gasteiger partial charge in [0.2, 0.25) is 0 Å². The maximum Gasteiger partial charge on any atom is 0.251 e. The first-order chi connectivity index (χ1) is 13.0. The van der Waals surface area contributed by atoms with Gasteiger partial charge in [-0.3, -0.25) is 4.79 Å². The van der Waals surface area contributed by atoms with Gasteiger partial charge in [-0.05, 0) is 59.7 Å². The molecule has 6 heteroatoms. The van der Waals surface area contributed by atoms with Crippen molar-refractivity contribution in [1.82, 2.24) is 10.2 Å². The average molecular weight is 435 g/mol. The molecule has 0 unspecified atom stereocenters. The van der Waals surface area contributed by atoms with E-state index in [0.29, 0.717) is 34.7 Å². The van der Waals surface area contributed by atoms with Crippen LogP contribution in [-0.4, -0.2) is 38.1 Å². The van der Waals surface area contributed by atoms with Gasteiger partial charge in [0.1, 0.15) is 0 Å². The molecule has 5 nitrogen and oxygen atoms in total. The first-order valence-electron chi connectivity index (χ1n) is 9.03. The highest BCUT2D eigenvalue weighted by Crippen LogP contribution is 2.36. The molecular formula is C21H27BrN2O3. The van der Waals surface area contributed by atoms with E-state index in [-0.39, 0.29) is 5.91 Å². The van der Waals surface area contributed by atoms with Crippen molar-refractivity contribution in [3.63, 3.8) is 0 Å². The topological polar surface area (TPSA) is 50.8 Å². The van der Waals surface area contributed by atoms with Gasteiger partial charge in [0.25, 0.3) is 5.91 Å². The molecule has 0 bridgehead atoms. The quantitative estimate of drug-likeness (QED) is 0.640. The maximum absolute atomic E-state index is 12.6. The van der Waals surface area contributed by atoms with E-state index in [1.54, 1.807) is 19.2 Å². The second-order valence-corrected chi connectivity index (χ2v) is 7.11. The molecule has 0 saturated carbocycles. The number of hydrogen-bond donors (Lipinski definition) is 1. The lowest BCUT2D eigenvalue weighted by Crippen LogP contribution is -2.23. The lowest BCUT2D eigenvalue weighted by atomic mass is 10.1. The first kappa shape index (κ1) is 21.3. The van der Waals surface area contributed by atoms with Crippen LogP contribution in [0.15, 0.2) is 40.9 Å². The molecule has 27 heavy (non-hydrogen) atoms. The van der Waals surface area contributed by atoms with Crippen LogP contribution in [0.1, 0.15) is 35.3 Å². The summed E-state index contributed by atoms with van der Waals surface area (Å²) in [5.41, 5.74) is 2.82. The third-order valence-electron chi connectivity index (χ3n) is 4.22. The molecule has 0 fully saturated rings. The normalized spacial score (nSPS) is 10.7. The Labute approximate surface area is 169 Å². The van der Waals surface area contributed by atoms with Gasteiger partial charge in [-0.1, -0.05) is 31.2 Å². The Morgan fingerprint density at radius 2 is 1.93 bits per heavy atom. The van der Waals surface area contributed by atoms with Crippen LogP contribution in [0.25, 0.3) is 0 Å². The summed E-state index contributed by atoms with van der Waals surface area (Å²) in [5, 5.41) is 2.97. The summed E-state index contributed by atoms with van der Waals surface area (Å²) < 4.78 is 11.6. The highest BCUT2D eigenvalue weighted by Gasteiger charge is 2.15. The number of rotatable bonds is 9. The highest BCUT2D eigenvalue weighted by molar-refractivity contribution is 9.10. The van der Waals surface area contributed by atoms with Crippen LogP contribution in [0, 0.1) is 0 Å². The molecular weight excluding hydrogens is 408 g/mol. The fourth-order valence-electron chi connectivity index (χ4n) is 2.68. The minimum Gasteiger partial charge on any atom is -0.493 e. The van der Waals surface area contributed by atoms with Crippen molar-refractivity contribution >= 4 is 21.8 Å². The smallest absolute Gasteiger partial charge is 0.251 e. The zero-order chi connectivity index (χ0) is 19.8. The third kappa shape index (κ3) is 5.97. The number of nitrogens with zero attached hydrogens (tertiary/aromatic N) is 1. The van der Waals surface area contributed by atoms with Crippen molar-refractivity contribution in [3.05, 3.63) is 57.6 Å². The van der Waals surface area contributed by atoms with Gasteiger partial charge in [0, 0.05) is 18.7 Å². The lowest BCUT2D eigenvalue weighted by Gasteiger charge is -2.15. The van der Waals surface area contributed by atoms with Crippen LogP contribution in [0.5, 0.6) is 11.5 Å². The number of amides is 1. The number of ether oxygens (including phenoxy) is 2. The predicted octanol–water partition coefficient (Wildman–Crippen LogP) is 4.24. The van der Waals surface area contributed by atoms with E-state index in [1.165, 1.54) is 5.56 Å². The Morgan fingerprint density at radius 1 is 1.19 bits per heavy atom. The molecule has 0 heterocycles. The van der Waals surface area contributed by atoms with Crippen LogP contribution >= 0.6 is 15.9 Å². The summed E-state index contributed by atoms with van der Waals surface area (Å²) >= 11 is 3.45. The van der Waals surface area contributed by atoms with Crippen LogP contribution in [0.4, 0.5) is 0 Å². The second-order valence-electron chi connectivity index (χ2n) is 6.26. The summed E-state index contributed by atoms with van der Waals surface area (Å²) in [7, 11) is 3.65. The predicted molar refractivity (Wildman–Crippen MR) is 111 cm³/mol. The van der Waals surface area contributed by atoms with Gasteiger partial charge < -0.3 is 19.7 Å². The Bertz CT molecular complexity index is 780. The second kappa shape index (κ2) is 10.3. The number of nitrogens with one attached hydrogen (secondary N) is 1. The highest BCUT2D eigenvalue weighted by atomic mass is 79.9. The van der Waals surface area contributed by atoms with E-state index in [4.69, 9.17) is 9.47 Å². The van der Waals surface area contributed by atoms with Crippen LogP contribution in [-0.2, 0) is 13.1 Å². The van der Waals surface area contributed by atoms with Crippen molar-refractivity contribution in [2.45, 2.75) is 26.9 Å². The molecule has 0 aromatic heterocycles. The van der Waals surface area contributed by atoms with Crippen molar-refractivity contribution in [1.29, 1.82) is 0 Å². The summed E-state index contributed by atoms with van der Waals surface area (Å²) in [6, 6.07) is 11.7. The summed E-state index contributed by atoms with van der Waals surface area (Å²) in [6.45, 7) is 6.91. The number of hydrogen-bond acceptors (Lipinski definition) is 4. The standard InChI is InChI=1S/C21H27BrN2O3/c1-5-24(3)14-16-9-7-8-15(10-16)13-23-21(25)17-11-18(22)20(27-6-2)19(12-17)26-4/h7-12H,5-6,13-14H2,1-4H3,(H,23,25). The van der Waals surface area contributed by atoms with Crippen molar-refractivity contribution in [3.8, 4) is 11.5 Å². The minimum absolute atomic E-state index is 0.159. The maximum atomic E-state index is 12.6. The minimum atomic E-state index is -0.159. The SMILES string of the molecule is CCOc1c(Br)cc(C(=O)NCc2cccc(CN(C)CC)c2)cc1OC. The fraction of sp³-hybridized carbons (Fsp3) is 0.381. The Morgan fingerprint density at radius 3 is 2.59 bits per heavy atom. The molecule has 146 valence electrons. The number of carbonyl (C=O) groups excluding carboxylic acids is 1. The number of halogens is 1. The van der Waals surface area contributed by atoms with Gasteiger partial charge in [-0.2, -0.15) is 0 Å². The molecule has 2 rings (SSSR count). The molecule has 2 aromatic rings. The van der Waals surface area contributed by atoms with E-state index >= 15 is 0 Å². The van der Waals surface area contributed by atoms with Crippen molar-refractivity contribution in [2.75, 3.05) is 27.3 Å². The van der Waals surface area contributed by atoms with E-state index in [2.05, 4.69) is 52.3 Å². The molecule has 0 spiro atoms. The van der Waals surface area contributed by atoms with E-state index < -0.39 is 0 Å². The zero-order valence-corrected chi connectivity index (χ0v) is 17.9. The van der Waals surface area contributed by atoms with Crippen LogP contribution in [0.2, 0.25) is 0 Å². The van der Waals surface area contributed by atoms with Gasteiger partial charge in [0.15, 0.2) is 11.5 Å². The Balaban J connectivity index is 2.07. The molecule has 0 saturated heterocycles. The molecule has 1 amide bonds. The molecule has 0 radical (unpaired) electrons. The van der Waals surface area contributed by atoms with Crippen molar-refractivity contribution < 1.29 is 14.3 Å². The van der Waals surface area contributed by atoms with Gasteiger partial charge >= 0.3 is 0 Å². The monoisotopic (exact) mass is 434 g/mol. The van der Waals surface area contributed by atoms with E-state index in [9.17, 15) is 4.79 Å². The van der Waals surface area contributed by atoms with Crippen LogP contribution < -0.4 is 14.8 Å². The molecule has 2 aromatic carbocycles. The Hall–Kier alpha value is -2.05. The number of benzene rings is 2. The summed E-state index contributed by atoms with van der Waals surface area (Å²) in [4.78, 5) is 14.8. The largest absolute Gasteiger partial charge is 0.493 e. The van der Waals surface area contributed by atoms with Gasteiger partial charge in [0.05, 0.1) is 18.2 Å². The number of carbonyl (C=O) groups is 1. The van der Waals surface area contributed by atoms with E-state index in [0.717, 1.165) is 18.7 Å². The molecule has 0 aliphatic rings. The molecule has 0 aliphatic carbocycles. The molecule has 1 N–H and O–H groups in total. The van der Waals surface area contributed by atoms with Crippen molar-refractivity contribution in [2.24, 2.45) is 0 Å². The average Bonchev–Trinajstić information content (AvgIpc) is 2.67. The van der Waals surface area contributed by atoms with Gasteiger partial charge in [-0.25, -0.2) is 0 Å².